The molecule has 144 valence electrons. The minimum absolute atomic E-state index is 0.0416. The standard InChI is InChI=1S/C22H29N3O2/c1-3-15-25(16-4-2)22(27)18-8-12-20(13-9-18)24-21(26)14-7-17-5-10-19(23)11-6-17/h5-6,8-13H,3-4,7,14-16,23H2,1-2H3,(H,24,26). The van der Waals surface area contributed by atoms with E-state index in [-0.39, 0.29) is 11.8 Å². The van der Waals surface area contributed by atoms with Crippen LogP contribution >= 0.6 is 0 Å². The number of carbonyl (C=O) groups excluding carboxylic acids is 2. The fraction of sp³-hybridized carbons (Fsp3) is 0.364. The van der Waals surface area contributed by atoms with Crippen LogP contribution in [0.15, 0.2) is 48.5 Å². The lowest BCUT2D eigenvalue weighted by Gasteiger charge is -2.21. The van der Waals surface area contributed by atoms with E-state index in [0.717, 1.165) is 31.5 Å². The van der Waals surface area contributed by atoms with Gasteiger partial charge in [-0.05, 0) is 61.2 Å². The molecule has 2 amide bonds. The van der Waals surface area contributed by atoms with Gasteiger partial charge in [-0.25, -0.2) is 0 Å². The van der Waals surface area contributed by atoms with Crippen molar-refractivity contribution in [2.24, 2.45) is 0 Å². The van der Waals surface area contributed by atoms with Gasteiger partial charge in [0.2, 0.25) is 5.91 Å². The van der Waals surface area contributed by atoms with Crippen LogP contribution in [0.2, 0.25) is 0 Å². The Hall–Kier alpha value is -2.82. The highest BCUT2D eigenvalue weighted by molar-refractivity contribution is 5.95. The second-order valence-electron chi connectivity index (χ2n) is 6.66. The first kappa shape index (κ1) is 20.5. The summed E-state index contributed by atoms with van der Waals surface area (Å²) < 4.78 is 0. The van der Waals surface area contributed by atoms with E-state index in [2.05, 4.69) is 19.2 Å². The smallest absolute Gasteiger partial charge is 0.253 e. The maximum atomic E-state index is 12.6. The van der Waals surface area contributed by atoms with Crippen LogP contribution in [0.5, 0.6) is 0 Å². The molecular weight excluding hydrogens is 338 g/mol. The predicted octanol–water partition coefficient (Wildman–Crippen LogP) is 4.10. The third-order valence-electron chi connectivity index (χ3n) is 4.31. The number of anilines is 2. The van der Waals surface area contributed by atoms with Crippen LogP contribution in [0.25, 0.3) is 0 Å². The van der Waals surface area contributed by atoms with Gasteiger partial charge in [-0.1, -0.05) is 26.0 Å². The van der Waals surface area contributed by atoms with E-state index in [1.807, 2.05) is 29.2 Å². The highest BCUT2D eigenvalue weighted by Gasteiger charge is 2.14. The summed E-state index contributed by atoms with van der Waals surface area (Å²) in [5, 5.41) is 2.88. The average molecular weight is 367 g/mol. The number of hydrogen-bond donors (Lipinski definition) is 2. The van der Waals surface area contributed by atoms with E-state index < -0.39 is 0 Å². The van der Waals surface area contributed by atoms with E-state index >= 15 is 0 Å². The summed E-state index contributed by atoms with van der Waals surface area (Å²) in [4.78, 5) is 26.6. The molecule has 2 aromatic rings. The lowest BCUT2D eigenvalue weighted by atomic mass is 10.1. The molecule has 0 unspecified atom stereocenters. The molecule has 0 heterocycles. The van der Waals surface area contributed by atoms with E-state index in [1.165, 1.54) is 0 Å². The van der Waals surface area contributed by atoms with Gasteiger partial charge in [0, 0.05) is 36.4 Å². The van der Waals surface area contributed by atoms with Crippen molar-refractivity contribution in [3.8, 4) is 0 Å². The van der Waals surface area contributed by atoms with Crippen molar-refractivity contribution < 1.29 is 9.59 Å². The van der Waals surface area contributed by atoms with Crippen LogP contribution in [0.4, 0.5) is 11.4 Å². The summed E-state index contributed by atoms with van der Waals surface area (Å²) in [5.74, 6) is -0.00980. The Balaban J connectivity index is 1.89. The fourth-order valence-corrected chi connectivity index (χ4v) is 2.90. The molecule has 0 aliphatic heterocycles. The maximum Gasteiger partial charge on any atom is 0.253 e. The maximum absolute atomic E-state index is 12.6. The van der Waals surface area contributed by atoms with Gasteiger partial charge in [0.25, 0.3) is 5.91 Å². The molecule has 0 aliphatic rings. The fourth-order valence-electron chi connectivity index (χ4n) is 2.90. The Morgan fingerprint density at radius 1 is 0.926 bits per heavy atom. The summed E-state index contributed by atoms with van der Waals surface area (Å²) in [6.07, 6.45) is 2.93. The third kappa shape index (κ3) is 6.44. The van der Waals surface area contributed by atoms with Crippen molar-refractivity contribution in [3.05, 3.63) is 59.7 Å². The number of nitrogens with two attached hydrogens (primary N) is 1. The zero-order chi connectivity index (χ0) is 19.6. The average Bonchev–Trinajstić information content (AvgIpc) is 2.67. The Kier molecular flexibility index (Phi) is 7.86. The van der Waals surface area contributed by atoms with Crippen molar-refractivity contribution in [1.82, 2.24) is 4.90 Å². The quantitative estimate of drug-likeness (QED) is 0.655. The minimum atomic E-state index is -0.0514. The summed E-state index contributed by atoms with van der Waals surface area (Å²) in [7, 11) is 0. The van der Waals surface area contributed by atoms with Crippen LogP contribution in [-0.4, -0.2) is 29.8 Å². The monoisotopic (exact) mass is 367 g/mol. The molecule has 2 aromatic carbocycles. The van der Waals surface area contributed by atoms with E-state index in [4.69, 9.17) is 5.73 Å². The Labute approximate surface area is 161 Å². The first-order chi connectivity index (χ1) is 13.0. The lowest BCUT2D eigenvalue weighted by Crippen LogP contribution is -2.32. The van der Waals surface area contributed by atoms with Crippen LogP contribution in [0, 0.1) is 0 Å². The highest BCUT2D eigenvalue weighted by atomic mass is 16.2. The molecule has 0 aliphatic carbocycles. The highest BCUT2D eigenvalue weighted by Crippen LogP contribution is 2.14. The van der Waals surface area contributed by atoms with Gasteiger partial charge in [0.15, 0.2) is 0 Å². The number of benzene rings is 2. The van der Waals surface area contributed by atoms with Gasteiger partial charge in [0.1, 0.15) is 0 Å². The molecule has 0 spiro atoms. The van der Waals surface area contributed by atoms with Crippen molar-refractivity contribution in [1.29, 1.82) is 0 Å². The zero-order valence-corrected chi connectivity index (χ0v) is 16.2. The first-order valence-electron chi connectivity index (χ1n) is 9.57. The number of hydrogen-bond acceptors (Lipinski definition) is 3. The molecule has 0 radical (unpaired) electrons. The molecule has 0 aromatic heterocycles. The molecule has 0 bridgehead atoms. The van der Waals surface area contributed by atoms with Crippen LogP contribution in [-0.2, 0) is 11.2 Å². The second-order valence-corrected chi connectivity index (χ2v) is 6.66. The number of aryl methyl sites for hydroxylation is 1. The third-order valence-corrected chi connectivity index (χ3v) is 4.31. The van der Waals surface area contributed by atoms with E-state index in [0.29, 0.717) is 29.8 Å². The van der Waals surface area contributed by atoms with Crippen LogP contribution in [0.1, 0.15) is 49.0 Å². The van der Waals surface area contributed by atoms with Crippen molar-refractivity contribution in [3.63, 3.8) is 0 Å². The summed E-state index contributed by atoms with van der Waals surface area (Å²) in [6.45, 7) is 5.66. The van der Waals surface area contributed by atoms with Gasteiger partial charge in [0.05, 0.1) is 0 Å². The Morgan fingerprint density at radius 3 is 2.07 bits per heavy atom. The lowest BCUT2D eigenvalue weighted by molar-refractivity contribution is -0.116. The molecule has 0 saturated heterocycles. The van der Waals surface area contributed by atoms with E-state index in [1.54, 1.807) is 24.3 Å². The molecular formula is C22H29N3O2. The van der Waals surface area contributed by atoms with Crippen molar-refractivity contribution in [2.45, 2.75) is 39.5 Å². The largest absolute Gasteiger partial charge is 0.399 e. The van der Waals surface area contributed by atoms with Crippen LogP contribution in [0.3, 0.4) is 0 Å². The first-order valence-corrected chi connectivity index (χ1v) is 9.57. The molecule has 5 nitrogen and oxygen atoms in total. The summed E-state index contributed by atoms with van der Waals surface area (Å²) in [6, 6.07) is 14.6. The predicted molar refractivity (Wildman–Crippen MR) is 111 cm³/mol. The van der Waals surface area contributed by atoms with Crippen LogP contribution < -0.4 is 11.1 Å². The number of nitrogen functional groups attached to an aromatic ring is 1. The number of nitrogens with one attached hydrogen (secondary N) is 1. The number of nitrogens with zero attached hydrogens (tertiary/aromatic N) is 1. The molecule has 3 N–H and O–H groups in total. The topological polar surface area (TPSA) is 75.4 Å². The minimum Gasteiger partial charge on any atom is -0.399 e. The zero-order valence-electron chi connectivity index (χ0n) is 16.2. The Morgan fingerprint density at radius 2 is 1.52 bits per heavy atom. The molecule has 0 fully saturated rings. The number of amides is 2. The molecule has 27 heavy (non-hydrogen) atoms. The van der Waals surface area contributed by atoms with Gasteiger partial charge >= 0.3 is 0 Å². The van der Waals surface area contributed by atoms with Gasteiger partial charge < -0.3 is 16.0 Å². The summed E-state index contributed by atoms with van der Waals surface area (Å²) >= 11 is 0. The van der Waals surface area contributed by atoms with Gasteiger partial charge in [-0.15, -0.1) is 0 Å². The number of rotatable bonds is 9. The van der Waals surface area contributed by atoms with E-state index in [9.17, 15) is 9.59 Å². The molecule has 0 atom stereocenters. The molecule has 5 heteroatoms. The molecule has 0 saturated carbocycles. The van der Waals surface area contributed by atoms with Crippen molar-refractivity contribution >= 4 is 23.2 Å². The summed E-state index contributed by atoms with van der Waals surface area (Å²) in [5.41, 5.74) is 8.81. The van der Waals surface area contributed by atoms with Crippen molar-refractivity contribution in [2.75, 3.05) is 24.1 Å². The normalized spacial score (nSPS) is 10.4. The molecule has 2 rings (SSSR count). The number of carbonyl (C=O) groups is 2. The SMILES string of the molecule is CCCN(CCC)C(=O)c1ccc(NC(=O)CCc2ccc(N)cc2)cc1. The van der Waals surface area contributed by atoms with Gasteiger partial charge in [-0.3, -0.25) is 9.59 Å². The second kappa shape index (κ2) is 10.4. The Bertz CT molecular complexity index is 733. The van der Waals surface area contributed by atoms with Gasteiger partial charge in [-0.2, -0.15) is 0 Å².